The molecular formula is C10H18N6O2. The number of rotatable bonds is 5. The van der Waals surface area contributed by atoms with Crippen LogP contribution in [0.25, 0.3) is 0 Å². The van der Waals surface area contributed by atoms with E-state index in [0.29, 0.717) is 0 Å². The molecule has 0 radical (unpaired) electrons. The largest absolute Gasteiger partial charge is 0.379 e. The van der Waals surface area contributed by atoms with Crippen LogP contribution in [0.15, 0.2) is 6.33 Å². The molecule has 0 aromatic carbocycles. The van der Waals surface area contributed by atoms with Crippen molar-refractivity contribution in [3.8, 4) is 0 Å². The number of amides is 1. The summed E-state index contributed by atoms with van der Waals surface area (Å²) in [6, 6.07) is 0.104. The van der Waals surface area contributed by atoms with Gasteiger partial charge in [0.1, 0.15) is 12.9 Å². The SMILES string of the molecule is CC(CN1CCOCC1)NC(=O)Cn1cnnn1. The molecule has 1 fully saturated rings. The Hall–Kier alpha value is -1.54. The number of morpholine rings is 1. The normalized spacial score (nSPS) is 18.5. The smallest absolute Gasteiger partial charge is 0.242 e. The lowest BCUT2D eigenvalue weighted by Gasteiger charge is -2.29. The third-order valence-electron chi connectivity index (χ3n) is 2.74. The van der Waals surface area contributed by atoms with Gasteiger partial charge in [-0.1, -0.05) is 0 Å². The van der Waals surface area contributed by atoms with Crippen molar-refractivity contribution in [1.82, 2.24) is 30.4 Å². The van der Waals surface area contributed by atoms with Crippen molar-refractivity contribution >= 4 is 5.91 Å². The molecule has 0 saturated carbocycles. The zero-order chi connectivity index (χ0) is 12.8. The Bertz CT molecular complexity index is 362. The van der Waals surface area contributed by atoms with Gasteiger partial charge in [0.25, 0.3) is 0 Å². The zero-order valence-corrected chi connectivity index (χ0v) is 10.4. The molecule has 2 heterocycles. The maximum Gasteiger partial charge on any atom is 0.242 e. The number of carbonyl (C=O) groups excluding carboxylic acids is 1. The summed E-state index contributed by atoms with van der Waals surface area (Å²) in [5, 5.41) is 13.5. The van der Waals surface area contributed by atoms with Crippen LogP contribution in [0.4, 0.5) is 0 Å². The Morgan fingerprint density at radius 3 is 2.94 bits per heavy atom. The van der Waals surface area contributed by atoms with Crippen LogP contribution in [-0.4, -0.2) is 69.9 Å². The van der Waals surface area contributed by atoms with E-state index in [1.54, 1.807) is 0 Å². The van der Waals surface area contributed by atoms with Crippen LogP contribution in [0.1, 0.15) is 6.92 Å². The predicted octanol–water partition coefficient (Wildman–Crippen LogP) is -1.49. The highest BCUT2D eigenvalue weighted by Gasteiger charge is 2.15. The Balaban J connectivity index is 1.69. The fourth-order valence-electron chi connectivity index (χ4n) is 1.94. The van der Waals surface area contributed by atoms with Gasteiger partial charge < -0.3 is 10.1 Å². The van der Waals surface area contributed by atoms with E-state index in [2.05, 4.69) is 25.7 Å². The first-order valence-corrected chi connectivity index (χ1v) is 6.04. The molecule has 100 valence electrons. The number of hydrogen-bond donors (Lipinski definition) is 1. The first-order chi connectivity index (χ1) is 8.74. The highest BCUT2D eigenvalue weighted by atomic mass is 16.5. The summed E-state index contributed by atoms with van der Waals surface area (Å²) in [5.41, 5.74) is 0. The molecule has 1 aliphatic heterocycles. The van der Waals surface area contributed by atoms with E-state index >= 15 is 0 Å². The number of carbonyl (C=O) groups is 1. The minimum atomic E-state index is -0.0805. The molecule has 1 unspecified atom stereocenters. The monoisotopic (exact) mass is 254 g/mol. The average Bonchev–Trinajstić information content (AvgIpc) is 2.82. The van der Waals surface area contributed by atoms with E-state index < -0.39 is 0 Å². The maximum atomic E-state index is 11.7. The molecule has 0 spiro atoms. The topological polar surface area (TPSA) is 85.2 Å². The summed E-state index contributed by atoms with van der Waals surface area (Å²) in [6.07, 6.45) is 1.42. The van der Waals surface area contributed by atoms with Gasteiger partial charge in [-0.3, -0.25) is 9.69 Å². The first kappa shape index (κ1) is 12.9. The van der Waals surface area contributed by atoms with Crippen molar-refractivity contribution in [3.63, 3.8) is 0 Å². The fourth-order valence-corrected chi connectivity index (χ4v) is 1.94. The Morgan fingerprint density at radius 2 is 2.28 bits per heavy atom. The molecule has 1 atom stereocenters. The molecule has 1 amide bonds. The Kier molecular flexibility index (Phi) is 4.59. The number of tetrazole rings is 1. The minimum absolute atomic E-state index is 0.0805. The van der Waals surface area contributed by atoms with Gasteiger partial charge in [0.15, 0.2) is 0 Å². The first-order valence-electron chi connectivity index (χ1n) is 6.04. The van der Waals surface area contributed by atoms with Crippen molar-refractivity contribution in [2.45, 2.75) is 19.5 Å². The fraction of sp³-hybridized carbons (Fsp3) is 0.800. The molecular weight excluding hydrogens is 236 g/mol. The van der Waals surface area contributed by atoms with Gasteiger partial charge in [-0.2, -0.15) is 0 Å². The average molecular weight is 254 g/mol. The van der Waals surface area contributed by atoms with Crippen LogP contribution in [0.2, 0.25) is 0 Å². The van der Waals surface area contributed by atoms with Crippen LogP contribution in [0, 0.1) is 0 Å². The second kappa shape index (κ2) is 6.41. The van der Waals surface area contributed by atoms with Gasteiger partial charge >= 0.3 is 0 Å². The van der Waals surface area contributed by atoms with Crippen LogP contribution in [0.5, 0.6) is 0 Å². The lowest BCUT2D eigenvalue weighted by atomic mass is 10.3. The van der Waals surface area contributed by atoms with Gasteiger partial charge in [0, 0.05) is 25.7 Å². The molecule has 2 rings (SSSR count). The lowest BCUT2D eigenvalue weighted by Crippen LogP contribution is -2.46. The van der Waals surface area contributed by atoms with Gasteiger partial charge in [0.05, 0.1) is 13.2 Å². The Labute approximate surface area is 105 Å². The second-order valence-corrected chi connectivity index (χ2v) is 4.39. The number of hydrogen-bond acceptors (Lipinski definition) is 6. The van der Waals surface area contributed by atoms with Crippen molar-refractivity contribution in [1.29, 1.82) is 0 Å². The number of nitrogens with one attached hydrogen (secondary N) is 1. The third kappa shape index (κ3) is 4.04. The van der Waals surface area contributed by atoms with Crippen molar-refractivity contribution in [3.05, 3.63) is 6.33 Å². The standard InChI is InChI=1S/C10H18N6O2/c1-9(6-15-2-4-18-5-3-15)12-10(17)7-16-8-11-13-14-16/h8-9H,2-7H2,1H3,(H,12,17). The maximum absolute atomic E-state index is 11.7. The molecule has 1 aliphatic rings. The van der Waals surface area contributed by atoms with Crippen molar-refractivity contribution < 1.29 is 9.53 Å². The number of ether oxygens (including phenoxy) is 1. The van der Waals surface area contributed by atoms with Crippen LogP contribution < -0.4 is 5.32 Å². The van der Waals surface area contributed by atoms with Crippen LogP contribution in [0.3, 0.4) is 0 Å². The molecule has 1 aromatic heterocycles. The van der Waals surface area contributed by atoms with E-state index in [0.717, 1.165) is 32.8 Å². The summed E-state index contributed by atoms with van der Waals surface area (Å²) < 4.78 is 6.68. The van der Waals surface area contributed by atoms with Gasteiger partial charge in [-0.15, -0.1) is 5.10 Å². The second-order valence-electron chi connectivity index (χ2n) is 4.39. The Morgan fingerprint density at radius 1 is 1.50 bits per heavy atom. The van der Waals surface area contributed by atoms with Crippen LogP contribution in [-0.2, 0) is 16.1 Å². The van der Waals surface area contributed by atoms with E-state index in [9.17, 15) is 4.79 Å². The highest BCUT2D eigenvalue weighted by Crippen LogP contribution is 1.98. The zero-order valence-electron chi connectivity index (χ0n) is 10.4. The lowest BCUT2D eigenvalue weighted by molar-refractivity contribution is -0.122. The minimum Gasteiger partial charge on any atom is -0.379 e. The van der Waals surface area contributed by atoms with E-state index in [4.69, 9.17) is 4.74 Å². The molecule has 18 heavy (non-hydrogen) atoms. The summed E-state index contributed by atoms with van der Waals surface area (Å²) in [5.74, 6) is -0.0805. The summed E-state index contributed by atoms with van der Waals surface area (Å²) in [7, 11) is 0. The van der Waals surface area contributed by atoms with Gasteiger partial charge in [0.2, 0.25) is 5.91 Å². The summed E-state index contributed by atoms with van der Waals surface area (Å²) in [4.78, 5) is 14.0. The molecule has 1 aromatic rings. The predicted molar refractivity (Wildman–Crippen MR) is 62.7 cm³/mol. The molecule has 8 nitrogen and oxygen atoms in total. The number of nitrogens with zero attached hydrogens (tertiary/aromatic N) is 5. The molecule has 1 saturated heterocycles. The van der Waals surface area contributed by atoms with Crippen molar-refractivity contribution in [2.24, 2.45) is 0 Å². The molecule has 0 bridgehead atoms. The third-order valence-corrected chi connectivity index (χ3v) is 2.74. The molecule has 1 N–H and O–H groups in total. The summed E-state index contributed by atoms with van der Waals surface area (Å²) >= 11 is 0. The molecule has 8 heteroatoms. The van der Waals surface area contributed by atoms with Gasteiger partial charge in [-0.25, -0.2) is 4.68 Å². The highest BCUT2D eigenvalue weighted by molar-refractivity contribution is 5.75. The summed E-state index contributed by atoms with van der Waals surface area (Å²) in [6.45, 7) is 6.37. The van der Waals surface area contributed by atoms with Crippen molar-refractivity contribution in [2.75, 3.05) is 32.8 Å². The van der Waals surface area contributed by atoms with Gasteiger partial charge in [-0.05, 0) is 17.4 Å². The van der Waals surface area contributed by atoms with E-state index in [1.165, 1.54) is 11.0 Å². The number of aromatic nitrogens is 4. The van der Waals surface area contributed by atoms with E-state index in [1.807, 2.05) is 6.92 Å². The van der Waals surface area contributed by atoms with Crippen LogP contribution >= 0.6 is 0 Å². The molecule has 0 aliphatic carbocycles. The van der Waals surface area contributed by atoms with E-state index in [-0.39, 0.29) is 18.5 Å². The quantitative estimate of drug-likeness (QED) is 0.689.